The molecule has 1 aromatic rings. The topological polar surface area (TPSA) is 58.6 Å². The summed E-state index contributed by atoms with van der Waals surface area (Å²) in [6, 6.07) is 5.38. The molecular weight excluding hydrogens is 288 g/mol. The Morgan fingerprint density at radius 2 is 2.14 bits per heavy atom. The number of urea groups is 1. The van der Waals surface area contributed by atoms with Crippen LogP contribution in [0.2, 0.25) is 0 Å². The number of nitrogens with one attached hydrogen (secondary N) is 1. The lowest BCUT2D eigenvalue weighted by atomic mass is 10.2. The SMILES string of the molecule is COc1ccc(NC(=O)N2CC[S@@](=O)C(C)(C)C2)cc1C. The summed E-state index contributed by atoms with van der Waals surface area (Å²) < 4.78 is 16.7. The van der Waals surface area contributed by atoms with Crippen molar-refractivity contribution in [2.75, 3.05) is 31.3 Å². The molecule has 1 aromatic carbocycles. The predicted octanol–water partition coefficient (Wildman–Crippen LogP) is 2.38. The van der Waals surface area contributed by atoms with Crippen LogP contribution in [0.4, 0.5) is 10.5 Å². The summed E-state index contributed by atoms with van der Waals surface area (Å²) in [5, 5.41) is 2.89. The third-order valence-corrected chi connectivity index (χ3v) is 5.58. The van der Waals surface area contributed by atoms with Gasteiger partial charge < -0.3 is 15.0 Å². The Morgan fingerprint density at radius 1 is 1.43 bits per heavy atom. The first kappa shape index (κ1) is 15.8. The van der Waals surface area contributed by atoms with Gasteiger partial charge in [0, 0.05) is 35.3 Å². The third-order valence-electron chi connectivity index (χ3n) is 3.67. The molecule has 0 unspecified atom stereocenters. The van der Waals surface area contributed by atoms with Crippen molar-refractivity contribution in [1.82, 2.24) is 4.90 Å². The molecule has 0 saturated carbocycles. The molecule has 2 amide bonds. The molecule has 21 heavy (non-hydrogen) atoms. The molecule has 5 nitrogen and oxygen atoms in total. The molecular formula is C15H22N2O3S. The molecule has 6 heteroatoms. The second kappa shape index (κ2) is 6.05. The van der Waals surface area contributed by atoms with Crippen LogP contribution < -0.4 is 10.1 Å². The van der Waals surface area contributed by atoms with Crippen molar-refractivity contribution in [2.24, 2.45) is 0 Å². The number of ether oxygens (including phenoxy) is 1. The van der Waals surface area contributed by atoms with Gasteiger partial charge in [-0.1, -0.05) is 0 Å². The van der Waals surface area contributed by atoms with Crippen molar-refractivity contribution < 1.29 is 13.7 Å². The fraction of sp³-hybridized carbons (Fsp3) is 0.533. The Hall–Kier alpha value is -1.56. The molecule has 0 bridgehead atoms. The largest absolute Gasteiger partial charge is 0.496 e. The molecule has 1 atom stereocenters. The number of hydrogen-bond acceptors (Lipinski definition) is 3. The number of carbonyl (C=O) groups is 1. The van der Waals surface area contributed by atoms with Crippen LogP contribution in [0.1, 0.15) is 19.4 Å². The molecule has 1 heterocycles. The van der Waals surface area contributed by atoms with E-state index >= 15 is 0 Å². The van der Waals surface area contributed by atoms with E-state index in [1.807, 2.05) is 39.0 Å². The lowest BCUT2D eigenvalue weighted by molar-refractivity contribution is 0.207. The standard InChI is InChI=1S/C15H22N2O3S/c1-11-9-12(5-6-13(11)20-4)16-14(18)17-7-8-21(19)15(2,3)10-17/h5-6,9H,7-8,10H2,1-4H3,(H,16,18)/t21-/m1/s1. The second-order valence-electron chi connectivity index (χ2n) is 5.85. The quantitative estimate of drug-likeness (QED) is 0.912. The van der Waals surface area contributed by atoms with E-state index in [0.29, 0.717) is 18.8 Å². The van der Waals surface area contributed by atoms with Gasteiger partial charge in [0.15, 0.2) is 0 Å². The van der Waals surface area contributed by atoms with Crippen molar-refractivity contribution in [3.05, 3.63) is 23.8 Å². The Labute approximate surface area is 128 Å². The Bertz CT molecular complexity index is 572. The van der Waals surface area contributed by atoms with E-state index in [-0.39, 0.29) is 10.8 Å². The maximum atomic E-state index is 12.3. The van der Waals surface area contributed by atoms with Gasteiger partial charge >= 0.3 is 6.03 Å². The fourth-order valence-electron chi connectivity index (χ4n) is 2.41. The summed E-state index contributed by atoms with van der Waals surface area (Å²) in [5.41, 5.74) is 1.71. The average molecular weight is 310 g/mol. The van der Waals surface area contributed by atoms with Crippen LogP contribution in [0.15, 0.2) is 18.2 Å². The van der Waals surface area contributed by atoms with Crippen LogP contribution in [-0.2, 0) is 10.8 Å². The van der Waals surface area contributed by atoms with Gasteiger partial charge in [0.2, 0.25) is 0 Å². The van der Waals surface area contributed by atoms with Gasteiger partial charge in [-0.25, -0.2) is 4.79 Å². The van der Waals surface area contributed by atoms with E-state index in [0.717, 1.165) is 17.0 Å². The van der Waals surface area contributed by atoms with Crippen LogP contribution >= 0.6 is 0 Å². The second-order valence-corrected chi connectivity index (χ2v) is 8.05. The summed E-state index contributed by atoms with van der Waals surface area (Å²) in [7, 11) is 0.741. The molecule has 0 spiro atoms. The Morgan fingerprint density at radius 3 is 2.71 bits per heavy atom. The van der Waals surface area contributed by atoms with Crippen LogP contribution in [0.3, 0.4) is 0 Å². The predicted molar refractivity (Wildman–Crippen MR) is 85.4 cm³/mol. The van der Waals surface area contributed by atoms with Gasteiger partial charge in [0.1, 0.15) is 5.75 Å². The van der Waals surface area contributed by atoms with Crippen molar-refractivity contribution in [1.29, 1.82) is 0 Å². The number of hydrogen-bond donors (Lipinski definition) is 1. The molecule has 116 valence electrons. The highest BCUT2D eigenvalue weighted by atomic mass is 32.2. The monoisotopic (exact) mass is 310 g/mol. The maximum Gasteiger partial charge on any atom is 0.321 e. The van der Waals surface area contributed by atoms with Gasteiger partial charge in [-0.05, 0) is 44.5 Å². The van der Waals surface area contributed by atoms with Gasteiger partial charge in [0.05, 0.1) is 11.9 Å². The van der Waals surface area contributed by atoms with E-state index in [1.54, 1.807) is 12.0 Å². The minimum Gasteiger partial charge on any atom is -0.496 e. The summed E-state index contributed by atoms with van der Waals surface area (Å²) in [6.45, 7) is 6.82. The van der Waals surface area contributed by atoms with Crippen LogP contribution in [0.25, 0.3) is 0 Å². The number of rotatable bonds is 2. The van der Waals surface area contributed by atoms with Crippen LogP contribution in [0.5, 0.6) is 5.75 Å². The summed E-state index contributed by atoms with van der Waals surface area (Å²) in [6.07, 6.45) is 0. The summed E-state index contributed by atoms with van der Waals surface area (Å²) >= 11 is 0. The van der Waals surface area contributed by atoms with Gasteiger partial charge in [0.25, 0.3) is 0 Å². The number of benzene rings is 1. The first-order valence-corrected chi connectivity index (χ1v) is 8.24. The highest BCUT2D eigenvalue weighted by Gasteiger charge is 2.35. The number of nitrogens with zero attached hydrogens (tertiary/aromatic N) is 1. The number of anilines is 1. The molecule has 0 radical (unpaired) electrons. The molecule has 2 rings (SSSR count). The van der Waals surface area contributed by atoms with Gasteiger partial charge in [-0.15, -0.1) is 0 Å². The highest BCUT2D eigenvalue weighted by Crippen LogP contribution is 2.23. The number of amides is 2. The number of carbonyl (C=O) groups excluding carboxylic acids is 1. The zero-order valence-corrected chi connectivity index (χ0v) is 13.8. The molecule has 0 aromatic heterocycles. The lowest BCUT2D eigenvalue weighted by Crippen LogP contribution is -2.53. The van der Waals surface area contributed by atoms with Crippen LogP contribution in [0, 0.1) is 6.92 Å². The lowest BCUT2D eigenvalue weighted by Gasteiger charge is -2.37. The molecule has 1 saturated heterocycles. The van der Waals surface area contributed by atoms with E-state index in [2.05, 4.69) is 5.32 Å². The summed E-state index contributed by atoms with van der Waals surface area (Å²) in [5.74, 6) is 1.32. The van der Waals surface area contributed by atoms with Crippen molar-refractivity contribution >= 4 is 22.5 Å². The Kier molecular flexibility index (Phi) is 4.56. The zero-order valence-electron chi connectivity index (χ0n) is 12.9. The molecule has 0 aliphatic carbocycles. The highest BCUT2D eigenvalue weighted by molar-refractivity contribution is 7.86. The average Bonchev–Trinajstić information content (AvgIpc) is 2.42. The fourth-order valence-corrected chi connectivity index (χ4v) is 3.65. The smallest absolute Gasteiger partial charge is 0.321 e. The van der Waals surface area contributed by atoms with Gasteiger partial charge in [-0.3, -0.25) is 4.21 Å². The van der Waals surface area contributed by atoms with Crippen molar-refractivity contribution in [3.63, 3.8) is 0 Å². The molecule has 1 aliphatic heterocycles. The normalized spacial score (nSPS) is 21.0. The van der Waals surface area contributed by atoms with Crippen molar-refractivity contribution in [3.8, 4) is 5.75 Å². The minimum absolute atomic E-state index is 0.149. The van der Waals surface area contributed by atoms with E-state index in [4.69, 9.17) is 4.74 Å². The number of methoxy groups -OCH3 is 1. The summed E-state index contributed by atoms with van der Waals surface area (Å²) in [4.78, 5) is 14.0. The maximum absolute atomic E-state index is 12.3. The first-order chi connectivity index (χ1) is 9.83. The third kappa shape index (κ3) is 3.56. The van der Waals surface area contributed by atoms with E-state index in [1.165, 1.54) is 0 Å². The number of aryl methyl sites for hydroxylation is 1. The first-order valence-electron chi connectivity index (χ1n) is 6.92. The zero-order chi connectivity index (χ0) is 15.6. The van der Waals surface area contributed by atoms with Gasteiger partial charge in [-0.2, -0.15) is 0 Å². The molecule has 1 aliphatic rings. The minimum atomic E-state index is -0.880. The van der Waals surface area contributed by atoms with Crippen molar-refractivity contribution in [2.45, 2.75) is 25.5 Å². The Balaban J connectivity index is 2.05. The van der Waals surface area contributed by atoms with E-state index < -0.39 is 10.8 Å². The van der Waals surface area contributed by atoms with E-state index in [9.17, 15) is 9.00 Å². The molecule has 1 N–H and O–H groups in total. The molecule has 1 fully saturated rings. The van der Waals surface area contributed by atoms with Crippen LogP contribution in [-0.4, -0.2) is 45.8 Å².